The van der Waals surface area contributed by atoms with Gasteiger partial charge >= 0.3 is 0 Å². The number of nitrogens with one attached hydrogen (secondary N) is 2. The highest BCUT2D eigenvalue weighted by molar-refractivity contribution is 7.90. The second-order valence-corrected chi connectivity index (χ2v) is 6.26. The molecule has 6 heteroatoms. The molecule has 0 aliphatic rings. The third-order valence-electron chi connectivity index (χ3n) is 2.72. The smallest absolute Gasteiger partial charge is 0.241 e. The van der Waals surface area contributed by atoms with E-state index < -0.39 is 9.84 Å². The molecule has 0 spiro atoms. The zero-order valence-electron chi connectivity index (χ0n) is 10.9. The third-order valence-corrected chi connectivity index (χ3v) is 3.83. The fourth-order valence-electron chi connectivity index (χ4n) is 1.34. The van der Waals surface area contributed by atoms with Gasteiger partial charge in [0.25, 0.3) is 0 Å². The van der Waals surface area contributed by atoms with Crippen LogP contribution in [0.15, 0.2) is 23.1 Å². The molecule has 0 radical (unpaired) electrons. The maximum absolute atomic E-state index is 11.7. The van der Waals surface area contributed by atoms with Crippen LogP contribution in [0.3, 0.4) is 0 Å². The number of amides is 1. The predicted octanol–water partition coefficient (Wildman–Crippen LogP) is 0.945. The fourth-order valence-corrected chi connectivity index (χ4v) is 1.99. The zero-order valence-corrected chi connectivity index (χ0v) is 11.8. The molecule has 0 saturated carbocycles. The van der Waals surface area contributed by atoms with Gasteiger partial charge in [0, 0.05) is 11.9 Å². The molecule has 1 amide bonds. The van der Waals surface area contributed by atoms with Gasteiger partial charge in [-0.05, 0) is 38.6 Å². The summed E-state index contributed by atoms with van der Waals surface area (Å²) in [6.07, 6.45) is 1.14. The van der Waals surface area contributed by atoms with E-state index in [4.69, 9.17) is 0 Å². The van der Waals surface area contributed by atoms with Crippen LogP contribution < -0.4 is 10.6 Å². The summed E-state index contributed by atoms with van der Waals surface area (Å²) in [5, 5.41) is 5.53. The normalized spacial score (nSPS) is 13.1. The molecule has 1 rings (SSSR count). The largest absolute Gasteiger partial charge is 0.324 e. The number of hydrogen-bond acceptors (Lipinski definition) is 4. The molecule has 1 atom stereocenters. The van der Waals surface area contributed by atoms with Crippen LogP contribution in [0.25, 0.3) is 0 Å². The van der Waals surface area contributed by atoms with Crippen LogP contribution in [-0.4, -0.2) is 33.7 Å². The van der Waals surface area contributed by atoms with Crippen molar-refractivity contribution < 1.29 is 13.2 Å². The highest BCUT2D eigenvalue weighted by Crippen LogP contribution is 2.20. The molecule has 0 heterocycles. The first-order valence-corrected chi connectivity index (χ1v) is 7.43. The molecule has 0 aliphatic carbocycles. The van der Waals surface area contributed by atoms with Crippen LogP contribution in [-0.2, 0) is 14.6 Å². The van der Waals surface area contributed by atoms with Crippen molar-refractivity contribution in [3.05, 3.63) is 23.8 Å². The van der Waals surface area contributed by atoms with Crippen LogP contribution in [0.4, 0.5) is 5.69 Å². The van der Waals surface area contributed by atoms with Crippen LogP contribution in [0.1, 0.15) is 12.5 Å². The monoisotopic (exact) mass is 270 g/mol. The molecule has 18 heavy (non-hydrogen) atoms. The number of aryl methyl sites for hydroxylation is 1. The Bertz CT molecular complexity index is 552. The van der Waals surface area contributed by atoms with Gasteiger partial charge in [-0.25, -0.2) is 8.42 Å². The van der Waals surface area contributed by atoms with Gasteiger partial charge in [0.05, 0.1) is 10.9 Å². The molecule has 2 N–H and O–H groups in total. The number of benzene rings is 1. The molecular formula is C12H18N2O3S. The fraction of sp³-hybridized carbons (Fsp3) is 0.417. The number of likely N-dealkylation sites (N-methyl/N-ethyl adjacent to an activating group) is 1. The third kappa shape index (κ3) is 3.54. The summed E-state index contributed by atoms with van der Waals surface area (Å²) in [6, 6.07) is 4.34. The summed E-state index contributed by atoms with van der Waals surface area (Å²) in [6.45, 7) is 3.54. The lowest BCUT2D eigenvalue weighted by Crippen LogP contribution is -2.35. The van der Waals surface area contributed by atoms with Gasteiger partial charge in [-0.2, -0.15) is 0 Å². The Balaban J connectivity index is 3.06. The lowest BCUT2D eigenvalue weighted by atomic mass is 10.2. The van der Waals surface area contributed by atoms with E-state index in [1.54, 1.807) is 20.0 Å². The van der Waals surface area contributed by atoms with Crippen molar-refractivity contribution in [2.75, 3.05) is 18.6 Å². The second-order valence-electron chi connectivity index (χ2n) is 4.25. The maximum atomic E-state index is 11.7. The van der Waals surface area contributed by atoms with E-state index in [0.717, 1.165) is 11.8 Å². The molecule has 1 unspecified atom stereocenters. The summed E-state index contributed by atoms with van der Waals surface area (Å²) >= 11 is 0. The molecule has 0 aliphatic heterocycles. The Labute approximate surface area is 108 Å². The highest BCUT2D eigenvalue weighted by Gasteiger charge is 2.14. The van der Waals surface area contributed by atoms with Gasteiger partial charge < -0.3 is 10.6 Å². The predicted molar refractivity (Wildman–Crippen MR) is 71.4 cm³/mol. The van der Waals surface area contributed by atoms with Crippen molar-refractivity contribution in [3.8, 4) is 0 Å². The van der Waals surface area contributed by atoms with Gasteiger partial charge in [-0.1, -0.05) is 6.07 Å². The summed E-state index contributed by atoms with van der Waals surface area (Å²) < 4.78 is 22.9. The Morgan fingerprint density at radius 3 is 2.44 bits per heavy atom. The highest BCUT2D eigenvalue weighted by atomic mass is 32.2. The van der Waals surface area contributed by atoms with Gasteiger partial charge in [0.1, 0.15) is 0 Å². The van der Waals surface area contributed by atoms with Crippen LogP contribution in [0.2, 0.25) is 0 Å². The van der Waals surface area contributed by atoms with Gasteiger partial charge in [0.15, 0.2) is 9.84 Å². The van der Waals surface area contributed by atoms with E-state index in [0.29, 0.717) is 5.69 Å². The standard InChI is InChI=1S/C12H18N2O3S/c1-8-5-6-10(18(4,16)17)7-11(8)14-12(15)9(2)13-3/h5-7,9,13H,1-4H3,(H,14,15). The van der Waals surface area contributed by atoms with Gasteiger partial charge in [0.2, 0.25) is 5.91 Å². The maximum Gasteiger partial charge on any atom is 0.241 e. The molecule has 0 saturated heterocycles. The zero-order chi connectivity index (χ0) is 13.9. The average molecular weight is 270 g/mol. The minimum Gasteiger partial charge on any atom is -0.324 e. The minimum absolute atomic E-state index is 0.195. The summed E-state index contributed by atoms with van der Waals surface area (Å²) in [5.74, 6) is -0.203. The van der Waals surface area contributed by atoms with E-state index >= 15 is 0 Å². The number of rotatable bonds is 4. The van der Waals surface area contributed by atoms with Crippen molar-refractivity contribution in [1.29, 1.82) is 0 Å². The van der Waals surface area contributed by atoms with Crippen molar-refractivity contribution in [1.82, 2.24) is 5.32 Å². The van der Waals surface area contributed by atoms with Crippen molar-refractivity contribution in [2.24, 2.45) is 0 Å². The van der Waals surface area contributed by atoms with E-state index in [-0.39, 0.29) is 16.8 Å². The molecule has 1 aromatic carbocycles. The minimum atomic E-state index is -3.27. The SMILES string of the molecule is CNC(C)C(=O)Nc1cc(S(C)(=O)=O)ccc1C. The Hall–Kier alpha value is -1.40. The number of sulfone groups is 1. The first-order chi connectivity index (χ1) is 8.25. The van der Waals surface area contributed by atoms with Crippen molar-refractivity contribution in [2.45, 2.75) is 24.8 Å². The first-order valence-electron chi connectivity index (χ1n) is 5.54. The van der Waals surface area contributed by atoms with Crippen LogP contribution >= 0.6 is 0 Å². The summed E-state index contributed by atoms with van der Waals surface area (Å²) in [5.41, 5.74) is 1.34. The van der Waals surface area contributed by atoms with E-state index in [1.807, 2.05) is 6.92 Å². The van der Waals surface area contributed by atoms with E-state index in [2.05, 4.69) is 10.6 Å². The number of hydrogen-bond donors (Lipinski definition) is 2. The Morgan fingerprint density at radius 1 is 1.33 bits per heavy atom. The van der Waals surface area contributed by atoms with E-state index in [9.17, 15) is 13.2 Å². The molecule has 5 nitrogen and oxygen atoms in total. The van der Waals surface area contributed by atoms with Gasteiger partial charge in [-0.15, -0.1) is 0 Å². The van der Waals surface area contributed by atoms with Crippen LogP contribution in [0, 0.1) is 6.92 Å². The second kappa shape index (κ2) is 5.49. The van der Waals surface area contributed by atoms with Crippen molar-refractivity contribution >= 4 is 21.4 Å². The number of anilines is 1. The molecule has 0 fully saturated rings. The van der Waals surface area contributed by atoms with Crippen molar-refractivity contribution in [3.63, 3.8) is 0 Å². The van der Waals surface area contributed by atoms with E-state index in [1.165, 1.54) is 12.1 Å². The Kier molecular flexibility index (Phi) is 4.48. The summed E-state index contributed by atoms with van der Waals surface area (Å²) in [7, 11) is -1.59. The first kappa shape index (κ1) is 14.7. The summed E-state index contributed by atoms with van der Waals surface area (Å²) in [4.78, 5) is 11.9. The molecule has 100 valence electrons. The van der Waals surface area contributed by atoms with Gasteiger partial charge in [-0.3, -0.25) is 4.79 Å². The quantitative estimate of drug-likeness (QED) is 0.854. The topological polar surface area (TPSA) is 75.3 Å². The molecule has 0 aromatic heterocycles. The van der Waals surface area contributed by atoms with Crippen LogP contribution in [0.5, 0.6) is 0 Å². The lowest BCUT2D eigenvalue weighted by molar-refractivity contribution is -0.117. The number of carbonyl (C=O) groups is 1. The lowest BCUT2D eigenvalue weighted by Gasteiger charge is -2.13. The average Bonchev–Trinajstić information content (AvgIpc) is 2.29. The number of carbonyl (C=O) groups excluding carboxylic acids is 1. The molecular weight excluding hydrogens is 252 g/mol. The molecule has 1 aromatic rings. The Morgan fingerprint density at radius 2 is 1.94 bits per heavy atom. The molecule has 0 bridgehead atoms.